The number of benzene rings is 1. The van der Waals surface area contributed by atoms with Crippen molar-refractivity contribution in [2.24, 2.45) is 11.1 Å². The number of rotatable bonds is 4. The number of fused-ring (bicyclic) bond motifs is 2. The minimum atomic E-state index is 0.243. The van der Waals surface area contributed by atoms with Crippen molar-refractivity contribution < 1.29 is 0 Å². The lowest BCUT2D eigenvalue weighted by molar-refractivity contribution is 0.258. The van der Waals surface area contributed by atoms with E-state index >= 15 is 0 Å². The molecule has 0 spiro atoms. The van der Waals surface area contributed by atoms with E-state index in [4.69, 9.17) is 15.7 Å². The first kappa shape index (κ1) is 19.3. The van der Waals surface area contributed by atoms with Gasteiger partial charge in [-0.25, -0.2) is 9.97 Å². The third kappa shape index (κ3) is 3.21. The van der Waals surface area contributed by atoms with E-state index in [-0.39, 0.29) is 5.41 Å². The Morgan fingerprint density at radius 1 is 1.20 bits per heavy atom. The highest BCUT2D eigenvalue weighted by atomic mass is 15.3. The third-order valence-electron chi connectivity index (χ3n) is 7.14. The van der Waals surface area contributed by atoms with E-state index in [2.05, 4.69) is 58.1 Å². The van der Waals surface area contributed by atoms with Crippen LogP contribution in [0.5, 0.6) is 0 Å². The number of aromatic nitrogens is 4. The number of nitrogens with one attached hydrogen (secondary N) is 1. The maximum Gasteiger partial charge on any atom is 0.183 e. The van der Waals surface area contributed by atoms with Crippen molar-refractivity contribution in [1.29, 1.82) is 0 Å². The Morgan fingerprint density at radius 2 is 2.00 bits per heavy atom. The van der Waals surface area contributed by atoms with Crippen molar-refractivity contribution in [2.45, 2.75) is 45.4 Å². The molecule has 4 heterocycles. The normalized spacial score (nSPS) is 21.1. The highest BCUT2D eigenvalue weighted by Gasteiger charge is 2.30. The quantitative estimate of drug-likeness (QED) is 0.683. The molecule has 1 saturated heterocycles. The topological polar surface area (TPSA) is 87.0 Å². The zero-order chi connectivity index (χ0) is 20.7. The molecule has 0 bridgehead atoms. The molecule has 0 amide bonds. The van der Waals surface area contributed by atoms with Crippen LogP contribution in [-0.4, -0.2) is 46.3 Å². The van der Waals surface area contributed by atoms with Crippen LogP contribution in [0.2, 0.25) is 0 Å². The molecule has 1 aromatic carbocycles. The molecule has 0 unspecified atom stereocenters. The molecule has 158 valence electrons. The minimum absolute atomic E-state index is 0.243. The van der Waals surface area contributed by atoms with E-state index in [1.165, 1.54) is 11.3 Å². The summed E-state index contributed by atoms with van der Waals surface area (Å²) in [6, 6.07) is 8.68. The van der Waals surface area contributed by atoms with Gasteiger partial charge in [0.05, 0.1) is 6.20 Å². The molecule has 0 saturated carbocycles. The predicted molar refractivity (Wildman–Crippen MR) is 121 cm³/mol. The first-order valence-corrected chi connectivity index (χ1v) is 11.1. The molecular weight excluding hydrogens is 374 g/mol. The minimum Gasteiger partial charge on any atom is -0.355 e. The van der Waals surface area contributed by atoms with E-state index in [1.54, 1.807) is 0 Å². The second-order valence-corrected chi connectivity index (χ2v) is 9.08. The van der Waals surface area contributed by atoms with Crippen LogP contribution in [0.15, 0.2) is 30.5 Å². The Balaban J connectivity index is 1.44. The SMILES string of the molecule is CC[C@H]1CCN(c2n[nH]c3nc(N4CCC(C)(CN)CC4)cnc23)c2ccccc21. The van der Waals surface area contributed by atoms with Gasteiger partial charge in [-0.1, -0.05) is 32.0 Å². The molecule has 30 heavy (non-hydrogen) atoms. The number of para-hydroxylation sites is 1. The third-order valence-corrected chi connectivity index (χ3v) is 7.14. The highest BCUT2D eigenvalue weighted by Crippen LogP contribution is 2.41. The Kier molecular flexibility index (Phi) is 4.85. The highest BCUT2D eigenvalue weighted by molar-refractivity contribution is 5.87. The summed E-state index contributed by atoms with van der Waals surface area (Å²) in [7, 11) is 0. The van der Waals surface area contributed by atoms with Crippen LogP contribution in [0.1, 0.15) is 51.0 Å². The van der Waals surface area contributed by atoms with Gasteiger partial charge >= 0.3 is 0 Å². The average molecular weight is 406 g/mol. The molecule has 7 nitrogen and oxygen atoms in total. The summed E-state index contributed by atoms with van der Waals surface area (Å²) >= 11 is 0. The standard InChI is InChI=1S/C23H31N7/c1-3-16-8-11-30(18-7-5-4-6-17(16)18)22-20-21(27-28-22)26-19(14-25-20)29-12-9-23(2,15-24)10-13-29/h4-7,14,16H,3,8-13,15,24H2,1-2H3,(H,26,27,28)/t16-/m0/s1. The van der Waals surface area contributed by atoms with Crippen LogP contribution >= 0.6 is 0 Å². The van der Waals surface area contributed by atoms with Gasteiger partial charge in [-0.2, -0.15) is 5.10 Å². The van der Waals surface area contributed by atoms with Gasteiger partial charge in [-0.05, 0) is 55.2 Å². The van der Waals surface area contributed by atoms with Gasteiger partial charge in [0.1, 0.15) is 5.82 Å². The first-order chi connectivity index (χ1) is 14.6. The predicted octanol–water partition coefficient (Wildman–Crippen LogP) is 3.95. The fraction of sp³-hybridized carbons (Fsp3) is 0.522. The van der Waals surface area contributed by atoms with Crippen LogP contribution in [0.4, 0.5) is 17.3 Å². The summed E-state index contributed by atoms with van der Waals surface area (Å²) < 4.78 is 0. The number of piperidine rings is 1. The zero-order valence-corrected chi connectivity index (χ0v) is 17.9. The Bertz CT molecular complexity index is 1030. The second kappa shape index (κ2) is 7.54. The molecule has 2 aromatic heterocycles. The van der Waals surface area contributed by atoms with Gasteiger partial charge < -0.3 is 15.5 Å². The molecule has 7 heteroatoms. The molecule has 0 radical (unpaired) electrons. The lowest BCUT2D eigenvalue weighted by Gasteiger charge is -2.39. The number of hydrogen-bond donors (Lipinski definition) is 2. The van der Waals surface area contributed by atoms with E-state index < -0.39 is 0 Å². The molecule has 1 atom stereocenters. The number of nitrogens with two attached hydrogens (primary N) is 1. The van der Waals surface area contributed by atoms with E-state index in [0.717, 1.165) is 74.7 Å². The average Bonchev–Trinajstić information content (AvgIpc) is 3.22. The van der Waals surface area contributed by atoms with Gasteiger partial charge in [0.15, 0.2) is 17.0 Å². The lowest BCUT2D eigenvalue weighted by atomic mass is 9.80. The van der Waals surface area contributed by atoms with Crippen LogP contribution < -0.4 is 15.5 Å². The van der Waals surface area contributed by atoms with E-state index in [9.17, 15) is 0 Å². The largest absolute Gasteiger partial charge is 0.355 e. The lowest BCUT2D eigenvalue weighted by Crippen LogP contribution is -2.42. The second-order valence-electron chi connectivity index (χ2n) is 9.08. The Morgan fingerprint density at radius 3 is 2.77 bits per heavy atom. The molecule has 2 aliphatic heterocycles. The van der Waals surface area contributed by atoms with E-state index in [1.807, 2.05) is 6.20 Å². The maximum absolute atomic E-state index is 5.96. The van der Waals surface area contributed by atoms with Crippen molar-refractivity contribution >= 4 is 28.5 Å². The Labute approximate surface area is 177 Å². The molecule has 0 aliphatic carbocycles. The number of aromatic amines is 1. The fourth-order valence-electron chi connectivity index (χ4n) is 4.88. The maximum atomic E-state index is 5.96. The first-order valence-electron chi connectivity index (χ1n) is 11.1. The molecular formula is C23H31N7. The Hall–Kier alpha value is -2.67. The summed E-state index contributed by atoms with van der Waals surface area (Å²) in [5, 5.41) is 7.77. The van der Waals surface area contributed by atoms with Crippen molar-refractivity contribution in [3.05, 3.63) is 36.0 Å². The summed E-state index contributed by atoms with van der Waals surface area (Å²) in [4.78, 5) is 14.3. The van der Waals surface area contributed by atoms with Crippen molar-refractivity contribution in [3.63, 3.8) is 0 Å². The van der Waals surface area contributed by atoms with Gasteiger partial charge in [-0.3, -0.25) is 5.10 Å². The zero-order valence-electron chi connectivity index (χ0n) is 17.9. The van der Waals surface area contributed by atoms with Gasteiger partial charge in [0.2, 0.25) is 0 Å². The van der Waals surface area contributed by atoms with E-state index in [0.29, 0.717) is 5.92 Å². The van der Waals surface area contributed by atoms with Crippen molar-refractivity contribution in [1.82, 2.24) is 20.2 Å². The molecule has 5 rings (SSSR count). The number of anilines is 3. The number of nitrogens with zero attached hydrogens (tertiary/aromatic N) is 5. The fourth-order valence-corrected chi connectivity index (χ4v) is 4.88. The number of H-pyrrole nitrogens is 1. The smallest absolute Gasteiger partial charge is 0.183 e. The van der Waals surface area contributed by atoms with Gasteiger partial charge in [0, 0.05) is 25.3 Å². The van der Waals surface area contributed by atoms with Gasteiger partial charge in [-0.15, -0.1) is 0 Å². The number of hydrogen-bond acceptors (Lipinski definition) is 6. The molecule has 2 aliphatic rings. The van der Waals surface area contributed by atoms with Crippen LogP contribution in [0.3, 0.4) is 0 Å². The summed E-state index contributed by atoms with van der Waals surface area (Å²) in [5.41, 5.74) is 10.4. The van der Waals surface area contributed by atoms with Crippen LogP contribution in [0, 0.1) is 5.41 Å². The summed E-state index contributed by atoms with van der Waals surface area (Å²) in [6.07, 6.45) is 6.35. The summed E-state index contributed by atoms with van der Waals surface area (Å²) in [6.45, 7) is 8.17. The molecule has 1 fully saturated rings. The monoisotopic (exact) mass is 405 g/mol. The van der Waals surface area contributed by atoms with Crippen molar-refractivity contribution in [2.75, 3.05) is 36.0 Å². The van der Waals surface area contributed by atoms with Crippen LogP contribution in [0.25, 0.3) is 11.2 Å². The van der Waals surface area contributed by atoms with Crippen molar-refractivity contribution in [3.8, 4) is 0 Å². The molecule has 3 aromatic rings. The van der Waals surface area contributed by atoms with Crippen LogP contribution in [-0.2, 0) is 0 Å². The molecule has 3 N–H and O–H groups in total. The summed E-state index contributed by atoms with van der Waals surface area (Å²) in [5.74, 6) is 2.40. The van der Waals surface area contributed by atoms with Gasteiger partial charge in [0.25, 0.3) is 0 Å².